The van der Waals surface area contributed by atoms with Gasteiger partial charge in [-0.15, -0.1) is 0 Å². The molecule has 0 bridgehead atoms. The van der Waals surface area contributed by atoms with Gasteiger partial charge in [0.25, 0.3) is 5.91 Å². The topological polar surface area (TPSA) is 91.7 Å². The number of hydrogen-bond acceptors (Lipinski definition) is 6. The molecular weight excluding hydrogens is 721 g/mol. The number of methoxy groups -OCH3 is 1. The van der Waals surface area contributed by atoms with Crippen LogP contribution in [0, 0.1) is 11.3 Å². The Morgan fingerprint density at radius 1 is 1.00 bits per heavy atom. The third-order valence-corrected chi connectivity index (χ3v) is 13.0. The lowest BCUT2D eigenvalue weighted by Crippen LogP contribution is -2.58. The number of aryl methyl sites for hydroxylation is 2. The van der Waals surface area contributed by atoms with E-state index in [9.17, 15) is 9.59 Å². The highest BCUT2D eigenvalue weighted by atomic mass is 16.5. The lowest BCUT2D eigenvalue weighted by Gasteiger charge is -2.34. The maximum atomic E-state index is 14.2. The number of likely N-dealkylation sites (N-methyl/N-ethyl adjacent to an activating group) is 1. The van der Waals surface area contributed by atoms with Crippen LogP contribution in [0.2, 0.25) is 0 Å². The minimum Gasteiger partial charge on any atom is -0.375 e. The van der Waals surface area contributed by atoms with Gasteiger partial charge < -0.3 is 14.6 Å². The first-order valence-electron chi connectivity index (χ1n) is 22.2. The molecular formula is C49H70N6O3. The lowest BCUT2D eigenvalue weighted by atomic mass is 9.81. The van der Waals surface area contributed by atoms with Crippen LogP contribution in [-0.4, -0.2) is 77.7 Å². The summed E-state index contributed by atoms with van der Waals surface area (Å²) < 4.78 is 8.40. The molecule has 58 heavy (non-hydrogen) atoms. The van der Waals surface area contributed by atoms with Gasteiger partial charge >= 0.3 is 0 Å². The summed E-state index contributed by atoms with van der Waals surface area (Å²) in [6, 6.07) is 16.9. The van der Waals surface area contributed by atoms with Crippen molar-refractivity contribution in [3.8, 4) is 22.4 Å². The predicted octanol–water partition coefficient (Wildman–Crippen LogP) is 9.30. The molecule has 0 radical (unpaired) electrons. The molecule has 2 N–H and O–H groups in total. The van der Waals surface area contributed by atoms with Crippen LogP contribution in [0.15, 0.2) is 54.7 Å². The summed E-state index contributed by atoms with van der Waals surface area (Å²) in [5, 5.41) is 6.26. The van der Waals surface area contributed by atoms with Crippen LogP contribution in [0.1, 0.15) is 121 Å². The van der Waals surface area contributed by atoms with Gasteiger partial charge in [-0.2, -0.15) is 0 Å². The van der Waals surface area contributed by atoms with E-state index in [0.717, 1.165) is 105 Å². The minimum absolute atomic E-state index is 0.0499. The molecule has 2 aromatic carbocycles. The molecule has 9 heteroatoms. The summed E-state index contributed by atoms with van der Waals surface area (Å²) >= 11 is 0. The van der Waals surface area contributed by atoms with E-state index in [1.54, 1.807) is 12.1 Å². The molecule has 0 spiro atoms. The van der Waals surface area contributed by atoms with E-state index in [4.69, 9.17) is 9.72 Å². The Hall–Kier alpha value is -4.05. The second kappa shape index (κ2) is 19.3. The van der Waals surface area contributed by atoms with Crippen molar-refractivity contribution in [3.63, 3.8) is 0 Å². The van der Waals surface area contributed by atoms with Crippen molar-refractivity contribution in [2.45, 2.75) is 137 Å². The predicted molar refractivity (Wildman–Crippen MR) is 237 cm³/mol. The second-order valence-corrected chi connectivity index (χ2v) is 17.9. The van der Waals surface area contributed by atoms with Gasteiger partial charge in [0, 0.05) is 55.8 Å². The van der Waals surface area contributed by atoms with Gasteiger partial charge in [-0.25, -0.2) is 5.43 Å². The summed E-state index contributed by atoms with van der Waals surface area (Å²) in [6.07, 6.45) is 12.7. The lowest BCUT2D eigenvalue weighted by molar-refractivity contribution is -0.141. The van der Waals surface area contributed by atoms with Crippen molar-refractivity contribution in [1.82, 2.24) is 30.2 Å². The van der Waals surface area contributed by atoms with Crippen molar-refractivity contribution >= 4 is 22.7 Å². The Kier molecular flexibility index (Phi) is 14.5. The second-order valence-electron chi connectivity index (χ2n) is 17.9. The Bertz CT molecular complexity index is 2020. The maximum Gasteiger partial charge on any atom is 0.259 e. The van der Waals surface area contributed by atoms with E-state index in [2.05, 4.69) is 105 Å². The number of fused-ring (bicyclic) bond motifs is 1. The van der Waals surface area contributed by atoms with E-state index < -0.39 is 6.04 Å². The largest absolute Gasteiger partial charge is 0.375 e. The molecule has 3 atom stereocenters. The summed E-state index contributed by atoms with van der Waals surface area (Å²) in [7, 11) is 5.73. The van der Waals surface area contributed by atoms with E-state index in [1.165, 1.54) is 27.7 Å². The number of hydrogen-bond donors (Lipinski definition) is 2. The van der Waals surface area contributed by atoms with Crippen LogP contribution in [0.5, 0.6) is 0 Å². The molecule has 2 amide bonds. The third-order valence-electron chi connectivity index (χ3n) is 13.0. The van der Waals surface area contributed by atoms with Gasteiger partial charge in [-0.05, 0) is 124 Å². The zero-order chi connectivity index (χ0) is 41.6. The Morgan fingerprint density at radius 3 is 2.41 bits per heavy atom. The summed E-state index contributed by atoms with van der Waals surface area (Å²) in [4.78, 5) is 35.3. The number of ether oxygens (including phenoxy) is 1. The smallest absolute Gasteiger partial charge is 0.259 e. The molecule has 2 fully saturated rings. The maximum absolute atomic E-state index is 14.2. The van der Waals surface area contributed by atoms with Crippen molar-refractivity contribution in [2.75, 3.05) is 34.3 Å². The van der Waals surface area contributed by atoms with Gasteiger partial charge in [0.2, 0.25) is 5.91 Å². The average Bonchev–Trinajstić information content (AvgIpc) is 3.86. The van der Waals surface area contributed by atoms with Crippen LogP contribution in [0.3, 0.4) is 0 Å². The molecule has 1 saturated heterocycles. The Morgan fingerprint density at radius 2 is 1.76 bits per heavy atom. The SMILES string of the molecule is CCCc1cnc(C(C)OC)c(-c2c(CC(C)(C)CC)c3cc(-c4cccc(CC(NC(=O)C(C5CCCC5)N(C)C)C(=O)N5CCCCN5)c4)ccc3n2CC)c1. The molecule has 314 valence electrons. The molecule has 4 aromatic rings. The molecule has 1 aliphatic heterocycles. The number of hydrazine groups is 1. The van der Waals surface area contributed by atoms with Crippen molar-refractivity contribution in [1.29, 1.82) is 0 Å². The Balaban J connectivity index is 1.41. The molecule has 1 aliphatic carbocycles. The van der Waals surface area contributed by atoms with Crippen LogP contribution < -0.4 is 10.7 Å². The van der Waals surface area contributed by atoms with Crippen LogP contribution in [0.25, 0.3) is 33.3 Å². The number of benzene rings is 2. The van der Waals surface area contributed by atoms with Gasteiger partial charge in [0.1, 0.15) is 6.04 Å². The van der Waals surface area contributed by atoms with Gasteiger partial charge in [-0.3, -0.25) is 24.5 Å². The number of nitrogens with zero attached hydrogens (tertiary/aromatic N) is 4. The zero-order valence-corrected chi connectivity index (χ0v) is 36.9. The van der Waals surface area contributed by atoms with Gasteiger partial charge in [0.15, 0.2) is 0 Å². The first kappa shape index (κ1) is 43.5. The third kappa shape index (κ3) is 9.69. The molecule has 2 aliphatic rings. The number of rotatable bonds is 17. The number of aromatic nitrogens is 2. The summed E-state index contributed by atoms with van der Waals surface area (Å²) in [6.45, 7) is 15.8. The number of pyridine rings is 1. The van der Waals surface area contributed by atoms with Gasteiger partial charge in [0.05, 0.1) is 23.5 Å². The Labute approximate surface area is 348 Å². The molecule has 9 nitrogen and oxygen atoms in total. The van der Waals surface area contributed by atoms with Crippen molar-refractivity contribution in [2.24, 2.45) is 11.3 Å². The molecule has 6 rings (SSSR count). The monoisotopic (exact) mass is 791 g/mol. The highest BCUT2D eigenvalue weighted by Crippen LogP contribution is 2.43. The molecule has 3 unspecified atom stereocenters. The summed E-state index contributed by atoms with van der Waals surface area (Å²) in [5.41, 5.74) is 13.8. The minimum atomic E-state index is -0.676. The highest BCUT2D eigenvalue weighted by molar-refractivity contribution is 5.95. The first-order valence-corrected chi connectivity index (χ1v) is 22.2. The normalized spacial score (nSPS) is 16.9. The standard InChI is InChI=1S/C49H70N6O3/c1-10-18-35-28-40(44(50-32-35)33(4)58-9)46-41(31-49(5,6)11-2)39-30-38(23-24-43(39)54(46)12-3)37-22-17-19-34(27-37)29-42(48(57)55-26-16-15-25-51-55)52-47(56)45(53(7)8)36-20-13-14-21-36/h17,19,22-24,27-28,30,32-33,36,42,45,51H,10-16,18,20-21,25-26,29,31H2,1-9H3,(H,52,56). The van der Waals surface area contributed by atoms with E-state index >= 15 is 0 Å². The van der Waals surface area contributed by atoms with Crippen LogP contribution in [0.4, 0.5) is 0 Å². The zero-order valence-electron chi connectivity index (χ0n) is 36.9. The highest BCUT2D eigenvalue weighted by Gasteiger charge is 2.36. The number of nitrogens with one attached hydrogen (secondary N) is 2. The molecule has 2 aromatic heterocycles. The van der Waals surface area contributed by atoms with E-state index in [0.29, 0.717) is 18.9 Å². The van der Waals surface area contributed by atoms with Crippen molar-refractivity contribution < 1.29 is 14.3 Å². The number of amides is 2. The quantitative estimate of drug-likeness (QED) is 0.111. The number of carbonyl (C=O) groups excluding carboxylic acids is 2. The van der Waals surface area contributed by atoms with Crippen LogP contribution >= 0.6 is 0 Å². The van der Waals surface area contributed by atoms with Crippen molar-refractivity contribution in [3.05, 3.63) is 77.1 Å². The van der Waals surface area contributed by atoms with E-state index in [-0.39, 0.29) is 29.4 Å². The fourth-order valence-electron chi connectivity index (χ4n) is 9.37. The van der Waals surface area contributed by atoms with E-state index in [1.807, 2.05) is 25.2 Å². The summed E-state index contributed by atoms with van der Waals surface area (Å²) in [5.74, 6) is 0.186. The average molecular weight is 791 g/mol. The fraction of sp³-hybridized carbons (Fsp3) is 0.571. The molecule has 3 heterocycles. The number of carbonyl (C=O) groups is 2. The fourth-order valence-corrected chi connectivity index (χ4v) is 9.37. The van der Waals surface area contributed by atoms with Crippen LogP contribution in [-0.2, 0) is 40.1 Å². The first-order chi connectivity index (χ1) is 27.9. The molecule has 1 saturated carbocycles. The van der Waals surface area contributed by atoms with Gasteiger partial charge in [-0.1, -0.05) is 83.7 Å².